The monoisotopic (exact) mass is 271 g/mol. The molecule has 1 aromatic heterocycles. The van der Waals surface area contributed by atoms with Gasteiger partial charge in [-0.1, -0.05) is 12.1 Å². The largest absolute Gasteiger partial charge is 0.497 e. The lowest BCUT2D eigenvalue weighted by Gasteiger charge is -2.07. The number of aromatic nitrogens is 2. The Morgan fingerprint density at radius 3 is 2.90 bits per heavy atom. The van der Waals surface area contributed by atoms with Gasteiger partial charge in [0.05, 0.1) is 18.5 Å². The van der Waals surface area contributed by atoms with Gasteiger partial charge in [-0.25, -0.2) is 0 Å². The van der Waals surface area contributed by atoms with Gasteiger partial charge >= 0.3 is 0 Å². The normalized spacial score (nSPS) is 14.1. The van der Waals surface area contributed by atoms with Crippen molar-refractivity contribution in [1.82, 2.24) is 10.2 Å². The van der Waals surface area contributed by atoms with Gasteiger partial charge < -0.3 is 10.1 Å². The summed E-state index contributed by atoms with van der Waals surface area (Å²) in [5.74, 6) is 1.17. The van der Waals surface area contributed by atoms with Crippen molar-refractivity contribution in [2.45, 2.75) is 25.7 Å². The second-order valence-corrected chi connectivity index (χ2v) is 5.05. The van der Waals surface area contributed by atoms with Crippen molar-refractivity contribution < 1.29 is 9.53 Å². The molecule has 0 aliphatic heterocycles. The highest BCUT2D eigenvalue weighted by Crippen LogP contribution is 2.45. The van der Waals surface area contributed by atoms with E-state index < -0.39 is 0 Å². The number of nitrogens with zero attached hydrogens (tertiary/aromatic N) is 1. The number of amides is 1. The molecule has 2 aromatic rings. The van der Waals surface area contributed by atoms with Crippen LogP contribution in [0.15, 0.2) is 24.3 Å². The Balaban J connectivity index is 2.05. The predicted molar refractivity (Wildman–Crippen MR) is 76.9 cm³/mol. The number of rotatable bonds is 4. The number of benzene rings is 1. The molecule has 1 saturated carbocycles. The first-order valence-corrected chi connectivity index (χ1v) is 6.69. The topological polar surface area (TPSA) is 67.0 Å². The number of carbonyl (C=O) groups excluding carboxylic acids is 1. The second kappa shape index (κ2) is 5.00. The van der Waals surface area contributed by atoms with Crippen molar-refractivity contribution in [1.29, 1.82) is 0 Å². The molecule has 1 heterocycles. The lowest BCUT2D eigenvalue weighted by atomic mass is 10.1. The molecular formula is C15H17N3O2. The highest BCUT2D eigenvalue weighted by Gasteiger charge is 2.30. The van der Waals surface area contributed by atoms with Gasteiger partial charge in [-0.2, -0.15) is 5.10 Å². The van der Waals surface area contributed by atoms with E-state index in [1.54, 1.807) is 7.11 Å². The summed E-state index contributed by atoms with van der Waals surface area (Å²) in [5, 5.41) is 10.4. The quantitative estimate of drug-likeness (QED) is 0.898. The fraction of sp³-hybridized carbons (Fsp3) is 0.333. The smallest absolute Gasteiger partial charge is 0.221 e. The molecular weight excluding hydrogens is 254 g/mol. The molecule has 2 N–H and O–H groups in total. The Labute approximate surface area is 117 Å². The first-order valence-electron chi connectivity index (χ1n) is 6.69. The maximum Gasteiger partial charge on any atom is 0.221 e. The van der Waals surface area contributed by atoms with Crippen molar-refractivity contribution in [2.75, 3.05) is 12.4 Å². The summed E-state index contributed by atoms with van der Waals surface area (Å²) in [5.41, 5.74) is 3.52. The van der Waals surface area contributed by atoms with Crippen LogP contribution in [0.1, 0.15) is 31.4 Å². The van der Waals surface area contributed by atoms with Gasteiger partial charge in [0.1, 0.15) is 11.4 Å². The Morgan fingerprint density at radius 2 is 2.25 bits per heavy atom. The van der Waals surface area contributed by atoms with Gasteiger partial charge in [0.15, 0.2) is 0 Å². The number of hydrogen-bond acceptors (Lipinski definition) is 3. The summed E-state index contributed by atoms with van der Waals surface area (Å²) >= 11 is 0. The lowest BCUT2D eigenvalue weighted by Crippen LogP contribution is -2.07. The average Bonchev–Trinajstić information content (AvgIpc) is 3.20. The summed E-state index contributed by atoms with van der Waals surface area (Å²) < 4.78 is 5.24. The first kappa shape index (κ1) is 12.7. The third-order valence-electron chi connectivity index (χ3n) is 3.42. The van der Waals surface area contributed by atoms with E-state index in [-0.39, 0.29) is 5.91 Å². The molecule has 1 amide bonds. The van der Waals surface area contributed by atoms with E-state index in [1.165, 1.54) is 6.92 Å². The second-order valence-electron chi connectivity index (χ2n) is 5.05. The Bertz CT molecular complexity index is 644. The number of carbonyl (C=O) groups is 1. The molecule has 3 rings (SSSR count). The Hall–Kier alpha value is -2.30. The molecule has 0 radical (unpaired) electrons. The molecule has 5 nitrogen and oxygen atoms in total. The third kappa shape index (κ3) is 2.39. The SMILES string of the molecule is COc1cccc(-c2n[nH]c(C3CC3)c2NC(C)=O)c1. The highest BCUT2D eigenvalue weighted by atomic mass is 16.5. The van der Waals surface area contributed by atoms with Gasteiger partial charge in [-0.15, -0.1) is 0 Å². The van der Waals surface area contributed by atoms with Crippen LogP contribution in [0.25, 0.3) is 11.3 Å². The van der Waals surface area contributed by atoms with Crippen LogP contribution in [0.3, 0.4) is 0 Å². The van der Waals surface area contributed by atoms with Crippen LogP contribution in [0.4, 0.5) is 5.69 Å². The van der Waals surface area contributed by atoms with Crippen LogP contribution in [0, 0.1) is 0 Å². The molecule has 1 fully saturated rings. The zero-order valence-electron chi connectivity index (χ0n) is 11.6. The lowest BCUT2D eigenvalue weighted by molar-refractivity contribution is -0.114. The number of nitrogens with one attached hydrogen (secondary N) is 2. The van der Waals surface area contributed by atoms with E-state index in [2.05, 4.69) is 15.5 Å². The molecule has 104 valence electrons. The summed E-state index contributed by atoms with van der Waals surface area (Å²) in [6.45, 7) is 1.51. The van der Waals surface area contributed by atoms with Crippen LogP contribution < -0.4 is 10.1 Å². The standard InChI is InChI=1S/C15H17N3O2/c1-9(19)16-15-13(10-6-7-10)17-18-14(15)11-4-3-5-12(8-11)20-2/h3-5,8,10H,6-7H2,1-2H3,(H,16,19)(H,17,18). The molecule has 0 spiro atoms. The summed E-state index contributed by atoms with van der Waals surface area (Å²) in [6, 6.07) is 7.67. The number of hydrogen-bond donors (Lipinski definition) is 2. The third-order valence-corrected chi connectivity index (χ3v) is 3.42. The maximum atomic E-state index is 11.4. The van der Waals surface area contributed by atoms with Gasteiger partial charge in [0.2, 0.25) is 5.91 Å². The van der Waals surface area contributed by atoms with Gasteiger partial charge in [-0.3, -0.25) is 9.89 Å². The van der Waals surface area contributed by atoms with Crippen LogP contribution >= 0.6 is 0 Å². The zero-order chi connectivity index (χ0) is 14.1. The molecule has 5 heteroatoms. The van der Waals surface area contributed by atoms with E-state index >= 15 is 0 Å². The fourth-order valence-corrected chi connectivity index (χ4v) is 2.30. The number of ether oxygens (including phenoxy) is 1. The van der Waals surface area contributed by atoms with Gasteiger partial charge in [0, 0.05) is 18.4 Å². The number of H-pyrrole nitrogens is 1. The van der Waals surface area contributed by atoms with Crippen molar-refractivity contribution in [3.8, 4) is 17.0 Å². The minimum Gasteiger partial charge on any atom is -0.497 e. The number of anilines is 1. The summed E-state index contributed by atoms with van der Waals surface area (Å²) in [4.78, 5) is 11.4. The molecule has 1 aliphatic carbocycles. The van der Waals surface area contributed by atoms with E-state index in [0.29, 0.717) is 5.92 Å². The van der Waals surface area contributed by atoms with Crippen LogP contribution in [0.5, 0.6) is 5.75 Å². The van der Waals surface area contributed by atoms with Crippen molar-refractivity contribution in [3.63, 3.8) is 0 Å². The molecule has 0 saturated heterocycles. The van der Waals surface area contributed by atoms with E-state index in [0.717, 1.165) is 41.2 Å². The Kier molecular flexibility index (Phi) is 3.18. The zero-order valence-corrected chi connectivity index (χ0v) is 11.6. The molecule has 1 aliphatic rings. The minimum absolute atomic E-state index is 0.0857. The highest BCUT2D eigenvalue weighted by molar-refractivity contribution is 5.94. The molecule has 1 aromatic carbocycles. The Morgan fingerprint density at radius 1 is 1.45 bits per heavy atom. The summed E-state index contributed by atoms with van der Waals surface area (Å²) in [7, 11) is 1.63. The number of methoxy groups -OCH3 is 1. The van der Waals surface area contributed by atoms with E-state index in [1.807, 2.05) is 24.3 Å². The van der Waals surface area contributed by atoms with Gasteiger partial charge in [-0.05, 0) is 25.0 Å². The molecule has 0 unspecified atom stereocenters. The van der Waals surface area contributed by atoms with Crippen LogP contribution in [-0.4, -0.2) is 23.2 Å². The summed E-state index contributed by atoms with van der Waals surface area (Å²) in [6.07, 6.45) is 2.29. The van der Waals surface area contributed by atoms with Crippen molar-refractivity contribution >= 4 is 11.6 Å². The average molecular weight is 271 g/mol. The number of aromatic amines is 1. The van der Waals surface area contributed by atoms with Crippen LogP contribution in [0.2, 0.25) is 0 Å². The van der Waals surface area contributed by atoms with Crippen LogP contribution in [-0.2, 0) is 4.79 Å². The van der Waals surface area contributed by atoms with E-state index in [4.69, 9.17) is 4.74 Å². The molecule has 0 bridgehead atoms. The first-order chi connectivity index (χ1) is 9.69. The molecule has 0 atom stereocenters. The van der Waals surface area contributed by atoms with E-state index in [9.17, 15) is 4.79 Å². The predicted octanol–water partition coefficient (Wildman–Crippen LogP) is 2.92. The van der Waals surface area contributed by atoms with Crippen molar-refractivity contribution in [2.24, 2.45) is 0 Å². The van der Waals surface area contributed by atoms with Gasteiger partial charge in [0.25, 0.3) is 0 Å². The van der Waals surface area contributed by atoms with Crippen molar-refractivity contribution in [3.05, 3.63) is 30.0 Å². The maximum absolute atomic E-state index is 11.4. The minimum atomic E-state index is -0.0857. The fourth-order valence-electron chi connectivity index (χ4n) is 2.30. The molecule has 20 heavy (non-hydrogen) atoms.